The number of aromatic nitrogens is 4. The first-order chi connectivity index (χ1) is 12.8. The predicted octanol–water partition coefficient (Wildman–Crippen LogP) is 2.93. The van der Waals surface area contributed by atoms with Crippen LogP contribution in [0.15, 0.2) is 41.7 Å². The van der Waals surface area contributed by atoms with Crippen LogP contribution >= 0.6 is 11.8 Å². The van der Waals surface area contributed by atoms with Crippen molar-refractivity contribution >= 4 is 28.9 Å². The molecule has 134 valence electrons. The topological polar surface area (TPSA) is 60.9 Å². The number of piperazine rings is 1. The minimum atomic E-state index is 0.618. The average molecular weight is 366 g/mol. The average Bonchev–Trinajstić information content (AvgIpc) is 3.20. The number of benzene rings is 1. The van der Waals surface area contributed by atoms with Crippen molar-refractivity contribution in [1.29, 1.82) is 0 Å². The molecule has 2 aromatic heterocycles. The van der Waals surface area contributed by atoms with Crippen molar-refractivity contribution in [3.8, 4) is 0 Å². The van der Waals surface area contributed by atoms with Crippen LogP contribution in [0.5, 0.6) is 0 Å². The highest BCUT2D eigenvalue weighted by atomic mass is 32.2. The van der Waals surface area contributed by atoms with E-state index >= 15 is 0 Å². The standard InChI is InChI=1S/C19H22N6S/c1-24-14-7-8-15(24)10-25(9-14)19-22-17-16(20-12-21-17)18(23-19)26-11-13-5-3-2-4-6-13/h2-6,12,14-15H,7-11H2,1H3,(H,20,21,22,23). The molecule has 1 aromatic carbocycles. The first-order valence-corrected chi connectivity index (χ1v) is 10.1. The van der Waals surface area contributed by atoms with Gasteiger partial charge in [-0.15, -0.1) is 0 Å². The van der Waals surface area contributed by atoms with Gasteiger partial charge in [0.25, 0.3) is 0 Å². The minimum Gasteiger partial charge on any atom is -0.341 e. The molecular formula is C19H22N6S. The number of nitrogens with zero attached hydrogens (tertiary/aromatic N) is 5. The maximum Gasteiger partial charge on any atom is 0.228 e. The number of hydrogen-bond donors (Lipinski definition) is 1. The lowest BCUT2D eigenvalue weighted by Crippen LogP contribution is -2.52. The molecule has 6 nitrogen and oxygen atoms in total. The van der Waals surface area contributed by atoms with Crippen molar-refractivity contribution in [3.05, 3.63) is 42.2 Å². The van der Waals surface area contributed by atoms with Crippen LogP contribution in [0, 0.1) is 0 Å². The second-order valence-corrected chi connectivity index (χ2v) is 8.12. The van der Waals surface area contributed by atoms with E-state index in [2.05, 4.69) is 51.1 Å². The highest BCUT2D eigenvalue weighted by molar-refractivity contribution is 7.98. The van der Waals surface area contributed by atoms with Crippen molar-refractivity contribution in [3.63, 3.8) is 0 Å². The largest absolute Gasteiger partial charge is 0.341 e. The van der Waals surface area contributed by atoms with E-state index in [1.807, 2.05) is 6.07 Å². The molecule has 2 fully saturated rings. The van der Waals surface area contributed by atoms with Crippen molar-refractivity contribution in [2.45, 2.75) is 35.7 Å². The summed E-state index contributed by atoms with van der Waals surface area (Å²) in [6.45, 7) is 2.01. The molecule has 2 atom stereocenters. The molecular weight excluding hydrogens is 344 g/mol. The molecule has 7 heteroatoms. The normalized spacial score (nSPS) is 23.0. The van der Waals surface area contributed by atoms with Gasteiger partial charge in [-0.1, -0.05) is 42.1 Å². The monoisotopic (exact) mass is 366 g/mol. The molecule has 2 saturated heterocycles. The first-order valence-electron chi connectivity index (χ1n) is 9.12. The summed E-state index contributed by atoms with van der Waals surface area (Å²) in [4.78, 5) is 22.1. The molecule has 2 aliphatic heterocycles. The summed E-state index contributed by atoms with van der Waals surface area (Å²) in [5, 5.41) is 0.984. The van der Waals surface area contributed by atoms with E-state index in [1.54, 1.807) is 18.1 Å². The van der Waals surface area contributed by atoms with Gasteiger partial charge < -0.3 is 9.88 Å². The third-order valence-corrected chi connectivity index (χ3v) is 6.64. The van der Waals surface area contributed by atoms with E-state index in [1.165, 1.54) is 18.4 Å². The van der Waals surface area contributed by atoms with Crippen molar-refractivity contribution in [1.82, 2.24) is 24.8 Å². The number of thioether (sulfide) groups is 1. The Morgan fingerprint density at radius 1 is 1.12 bits per heavy atom. The van der Waals surface area contributed by atoms with Crippen LogP contribution in [0.1, 0.15) is 18.4 Å². The second kappa shape index (κ2) is 6.55. The fraction of sp³-hybridized carbons (Fsp3) is 0.421. The number of imidazole rings is 1. The summed E-state index contributed by atoms with van der Waals surface area (Å²) in [5.41, 5.74) is 2.99. The van der Waals surface area contributed by atoms with Crippen LogP contribution < -0.4 is 4.90 Å². The predicted molar refractivity (Wildman–Crippen MR) is 104 cm³/mol. The number of rotatable bonds is 4. The van der Waals surface area contributed by atoms with Gasteiger partial charge in [0.1, 0.15) is 10.5 Å². The lowest BCUT2D eigenvalue weighted by atomic mass is 10.2. The van der Waals surface area contributed by atoms with E-state index in [0.717, 1.165) is 41.0 Å². The van der Waals surface area contributed by atoms with Crippen LogP contribution in [0.3, 0.4) is 0 Å². The van der Waals surface area contributed by atoms with Gasteiger partial charge >= 0.3 is 0 Å². The van der Waals surface area contributed by atoms with Gasteiger partial charge in [0, 0.05) is 30.9 Å². The Bertz CT molecular complexity index is 897. The molecule has 0 spiro atoms. The Morgan fingerprint density at radius 3 is 2.65 bits per heavy atom. The van der Waals surface area contributed by atoms with Gasteiger partial charge in [0.15, 0.2) is 5.65 Å². The lowest BCUT2D eigenvalue weighted by molar-refractivity contribution is 0.211. The Kier molecular flexibility index (Phi) is 4.05. The fourth-order valence-corrected chi connectivity index (χ4v) is 4.98. The molecule has 5 rings (SSSR count). The second-order valence-electron chi connectivity index (χ2n) is 7.16. The Hall–Kier alpha value is -2.12. The van der Waals surface area contributed by atoms with E-state index in [4.69, 9.17) is 9.97 Å². The van der Waals surface area contributed by atoms with Crippen LogP contribution in [0.4, 0.5) is 5.95 Å². The number of H-pyrrole nitrogens is 1. The Labute approximate surface area is 157 Å². The molecule has 0 amide bonds. The fourth-order valence-electron chi connectivity index (χ4n) is 4.04. The molecule has 2 aliphatic rings. The van der Waals surface area contributed by atoms with Gasteiger partial charge in [0.2, 0.25) is 5.95 Å². The van der Waals surface area contributed by atoms with E-state index < -0.39 is 0 Å². The third-order valence-electron chi connectivity index (χ3n) is 5.59. The zero-order valence-corrected chi connectivity index (χ0v) is 15.6. The SMILES string of the molecule is CN1C2CCC1CN(c1nc(SCc3ccccc3)c3[nH]cnc3n1)C2. The van der Waals surface area contributed by atoms with Gasteiger partial charge in [-0.3, -0.25) is 4.90 Å². The molecule has 0 radical (unpaired) electrons. The minimum absolute atomic E-state index is 0.618. The van der Waals surface area contributed by atoms with Crippen LogP contribution in [0.25, 0.3) is 11.2 Å². The summed E-state index contributed by atoms with van der Waals surface area (Å²) in [6.07, 6.45) is 4.26. The number of likely N-dealkylation sites (N-methyl/N-ethyl adjacent to an activating group) is 1. The Morgan fingerprint density at radius 2 is 1.88 bits per heavy atom. The van der Waals surface area contributed by atoms with Gasteiger partial charge in [-0.25, -0.2) is 9.97 Å². The zero-order chi connectivity index (χ0) is 17.5. The Balaban J connectivity index is 1.44. The number of anilines is 1. The molecule has 2 bridgehead atoms. The van der Waals surface area contributed by atoms with Crippen molar-refractivity contribution in [2.24, 2.45) is 0 Å². The molecule has 4 heterocycles. The summed E-state index contributed by atoms with van der Waals surface area (Å²) < 4.78 is 0. The molecule has 3 aromatic rings. The maximum atomic E-state index is 4.92. The van der Waals surface area contributed by atoms with E-state index in [9.17, 15) is 0 Å². The highest BCUT2D eigenvalue weighted by Gasteiger charge is 2.38. The molecule has 2 unspecified atom stereocenters. The van der Waals surface area contributed by atoms with E-state index in [-0.39, 0.29) is 0 Å². The van der Waals surface area contributed by atoms with Crippen LogP contribution in [0.2, 0.25) is 0 Å². The van der Waals surface area contributed by atoms with E-state index in [0.29, 0.717) is 12.1 Å². The zero-order valence-electron chi connectivity index (χ0n) is 14.8. The van der Waals surface area contributed by atoms with Crippen LogP contribution in [-0.4, -0.2) is 57.1 Å². The van der Waals surface area contributed by atoms with Crippen molar-refractivity contribution < 1.29 is 0 Å². The summed E-state index contributed by atoms with van der Waals surface area (Å²) in [6, 6.07) is 11.7. The molecule has 1 N–H and O–H groups in total. The van der Waals surface area contributed by atoms with Gasteiger partial charge in [-0.2, -0.15) is 4.98 Å². The third kappa shape index (κ3) is 2.85. The van der Waals surface area contributed by atoms with Crippen LogP contribution in [-0.2, 0) is 5.75 Å². The maximum absolute atomic E-state index is 4.92. The number of nitrogens with one attached hydrogen (secondary N) is 1. The summed E-state index contributed by atoms with van der Waals surface area (Å²) >= 11 is 1.74. The highest BCUT2D eigenvalue weighted by Crippen LogP contribution is 2.32. The molecule has 26 heavy (non-hydrogen) atoms. The summed E-state index contributed by atoms with van der Waals surface area (Å²) in [7, 11) is 2.25. The smallest absolute Gasteiger partial charge is 0.228 e. The van der Waals surface area contributed by atoms with Crippen molar-refractivity contribution in [2.75, 3.05) is 25.0 Å². The number of fused-ring (bicyclic) bond motifs is 3. The number of aromatic amines is 1. The number of hydrogen-bond acceptors (Lipinski definition) is 6. The summed E-state index contributed by atoms with van der Waals surface area (Å²) in [5.74, 6) is 1.71. The molecule has 0 saturated carbocycles. The quantitative estimate of drug-likeness (QED) is 0.566. The van der Waals surface area contributed by atoms with Gasteiger partial charge in [-0.05, 0) is 25.5 Å². The first kappa shape index (κ1) is 16.1. The lowest BCUT2D eigenvalue weighted by Gasteiger charge is -2.38. The molecule has 0 aliphatic carbocycles. The van der Waals surface area contributed by atoms with Gasteiger partial charge in [0.05, 0.1) is 6.33 Å².